The van der Waals surface area contributed by atoms with Gasteiger partial charge in [0.1, 0.15) is 12.1 Å². The van der Waals surface area contributed by atoms with Gasteiger partial charge in [0.25, 0.3) is 5.91 Å². The maximum absolute atomic E-state index is 14.2. The molecule has 3 amide bonds. The van der Waals surface area contributed by atoms with Crippen LogP contribution in [0.5, 0.6) is 0 Å². The third-order valence-electron chi connectivity index (χ3n) is 9.05. The number of ether oxygens (including phenoxy) is 1. The third-order valence-corrected chi connectivity index (χ3v) is 10.7. The van der Waals surface area contributed by atoms with Gasteiger partial charge in [-0.2, -0.15) is 4.72 Å². The summed E-state index contributed by atoms with van der Waals surface area (Å²) in [7, 11) is -3.02. The Hall–Kier alpha value is -3.85. The summed E-state index contributed by atoms with van der Waals surface area (Å²) in [5, 5.41) is 3.30. The highest BCUT2D eigenvalue weighted by Gasteiger charge is 2.42. The Balaban J connectivity index is 1.59. The zero-order valence-corrected chi connectivity index (χ0v) is 29.7. The van der Waals surface area contributed by atoms with E-state index in [1.165, 1.54) is 36.3 Å². The Labute approximate surface area is 291 Å². The van der Waals surface area contributed by atoms with Crippen molar-refractivity contribution in [2.45, 2.75) is 76.0 Å². The molecule has 4 rings (SSSR count). The van der Waals surface area contributed by atoms with Crippen LogP contribution in [-0.2, 0) is 40.5 Å². The van der Waals surface area contributed by atoms with E-state index in [0.29, 0.717) is 11.6 Å². The Kier molecular flexibility index (Phi) is 12.2. The van der Waals surface area contributed by atoms with E-state index in [-0.39, 0.29) is 42.4 Å². The molecule has 1 aliphatic heterocycles. The lowest BCUT2D eigenvalue weighted by Crippen LogP contribution is -2.64. The molecule has 2 aliphatic rings. The largest absolute Gasteiger partial charge is 0.465 e. The number of amides is 3. The summed E-state index contributed by atoms with van der Waals surface area (Å²) < 4.78 is 34.2. The summed E-state index contributed by atoms with van der Waals surface area (Å²) in [5.41, 5.74) is 5.47. The first-order valence-corrected chi connectivity index (χ1v) is 18.0. The van der Waals surface area contributed by atoms with Gasteiger partial charge in [0.05, 0.1) is 23.6 Å². The summed E-state index contributed by atoms with van der Waals surface area (Å²) in [6.07, 6.45) is 3.05. The molecule has 0 radical (unpaired) electrons. The number of rotatable bonds is 13. The minimum absolute atomic E-state index is 0.110. The fourth-order valence-corrected chi connectivity index (χ4v) is 7.43. The molecule has 49 heavy (non-hydrogen) atoms. The van der Waals surface area contributed by atoms with Gasteiger partial charge in [-0.15, -0.1) is 0 Å². The average molecular weight is 718 g/mol. The standard InChI is InChI=1S/C34H44ClN5O8S/c1-34(2,3)29(38-49(46,47)25-14-10-23(11-15-25)33(45)48-4)32(44)40-17-16-39(19-22-8-12-24(35)13-9-22)27(20-40)31(43)37-26(28(41)30(36)42)18-21-6-5-7-21/h8-15,21,26-27,29,38H,5-7,16-20H2,1-4H3,(H2,36,42)(H,37,43)/t26?,27-,29-/m1/s1. The highest BCUT2D eigenvalue weighted by atomic mass is 35.5. The molecule has 15 heteroatoms. The van der Waals surface area contributed by atoms with Crippen LogP contribution in [0.2, 0.25) is 5.02 Å². The summed E-state index contributed by atoms with van der Waals surface area (Å²) >= 11 is 6.08. The van der Waals surface area contributed by atoms with E-state index in [1.807, 2.05) is 17.0 Å². The molecule has 3 atom stereocenters. The van der Waals surface area contributed by atoms with Crippen LogP contribution < -0.4 is 15.8 Å². The van der Waals surface area contributed by atoms with Crippen LogP contribution in [0.1, 0.15) is 62.4 Å². The van der Waals surface area contributed by atoms with Crippen molar-refractivity contribution < 1.29 is 37.1 Å². The van der Waals surface area contributed by atoms with Gasteiger partial charge in [0, 0.05) is 31.2 Å². The zero-order valence-electron chi connectivity index (χ0n) is 28.1. The maximum atomic E-state index is 14.2. The quantitative estimate of drug-likeness (QED) is 0.207. The van der Waals surface area contributed by atoms with Crippen molar-refractivity contribution in [2.75, 3.05) is 26.7 Å². The van der Waals surface area contributed by atoms with Crippen molar-refractivity contribution in [1.29, 1.82) is 0 Å². The molecule has 1 unspecified atom stereocenters. The van der Waals surface area contributed by atoms with Gasteiger partial charge in [0.2, 0.25) is 27.6 Å². The number of ketones is 1. The number of esters is 1. The Bertz CT molecular complexity index is 1660. The maximum Gasteiger partial charge on any atom is 0.337 e. The lowest BCUT2D eigenvalue weighted by atomic mass is 9.80. The van der Waals surface area contributed by atoms with E-state index < -0.39 is 63.0 Å². The molecular formula is C34H44ClN5O8S. The second-order valence-corrected chi connectivity index (χ2v) is 15.8. The van der Waals surface area contributed by atoms with Crippen LogP contribution in [0.25, 0.3) is 0 Å². The number of hydrogen-bond donors (Lipinski definition) is 3. The van der Waals surface area contributed by atoms with Crippen LogP contribution >= 0.6 is 11.6 Å². The highest BCUT2D eigenvalue weighted by molar-refractivity contribution is 7.89. The molecule has 2 fully saturated rings. The topological polar surface area (TPSA) is 185 Å². The van der Waals surface area contributed by atoms with E-state index in [9.17, 15) is 32.4 Å². The van der Waals surface area contributed by atoms with Gasteiger partial charge in [-0.05, 0) is 59.7 Å². The number of piperazine rings is 1. The summed E-state index contributed by atoms with van der Waals surface area (Å²) in [6, 6.07) is 8.98. The van der Waals surface area contributed by atoms with Crippen molar-refractivity contribution >= 4 is 51.1 Å². The van der Waals surface area contributed by atoms with Crippen LogP contribution in [0.4, 0.5) is 0 Å². The molecule has 2 aromatic rings. The number of nitrogens with two attached hydrogens (primary N) is 1. The van der Waals surface area contributed by atoms with Gasteiger partial charge in [-0.1, -0.05) is 63.8 Å². The van der Waals surface area contributed by atoms with Crippen molar-refractivity contribution in [3.05, 3.63) is 64.7 Å². The number of sulfonamides is 1. The first-order chi connectivity index (χ1) is 23.0. The SMILES string of the molecule is COC(=O)c1ccc(S(=O)(=O)N[C@H](C(=O)N2CCN(Cc3ccc(Cl)cc3)[C@@H](C(=O)NC(CC3CCC3)C(=O)C(N)=O)C2)C(C)(C)C)cc1. The molecule has 0 bridgehead atoms. The van der Waals surface area contributed by atoms with E-state index >= 15 is 0 Å². The second-order valence-electron chi connectivity index (χ2n) is 13.7. The number of hydrogen-bond acceptors (Lipinski definition) is 9. The van der Waals surface area contributed by atoms with Gasteiger partial charge < -0.3 is 20.7 Å². The Morgan fingerprint density at radius 3 is 2.16 bits per heavy atom. The number of carbonyl (C=O) groups is 5. The van der Waals surface area contributed by atoms with Crippen molar-refractivity contribution in [3.8, 4) is 0 Å². The number of carbonyl (C=O) groups excluding carboxylic acids is 5. The fourth-order valence-electron chi connectivity index (χ4n) is 5.91. The molecule has 0 aromatic heterocycles. The van der Waals surface area contributed by atoms with E-state index in [1.54, 1.807) is 32.9 Å². The second kappa shape index (κ2) is 15.8. The van der Waals surface area contributed by atoms with Gasteiger partial charge in [-0.3, -0.25) is 24.1 Å². The number of Topliss-reactive ketones (excluding diaryl/α,β-unsaturated/α-hetero) is 1. The predicted octanol–water partition coefficient (Wildman–Crippen LogP) is 2.26. The molecule has 1 saturated heterocycles. The summed E-state index contributed by atoms with van der Waals surface area (Å²) in [6.45, 7) is 5.82. The summed E-state index contributed by atoms with van der Waals surface area (Å²) in [4.78, 5) is 67.8. The van der Waals surface area contributed by atoms with Gasteiger partial charge in [0.15, 0.2) is 0 Å². The monoisotopic (exact) mass is 717 g/mol. The predicted molar refractivity (Wildman–Crippen MR) is 182 cm³/mol. The first kappa shape index (κ1) is 38.0. The molecule has 0 spiro atoms. The Morgan fingerprint density at radius 2 is 1.63 bits per heavy atom. The molecule has 1 heterocycles. The number of nitrogens with one attached hydrogen (secondary N) is 2. The van der Waals surface area contributed by atoms with Gasteiger partial charge in [-0.25, -0.2) is 13.2 Å². The lowest BCUT2D eigenvalue weighted by molar-refractivity contribution is -0.143. The first-order valence-electron chi connectivity index (χ1n) is 16.1. The number of benzene rings is 2. The fraction of sp³-hybridized carbons (Fsp3) is 0.500. The lowest BCUT2D eigenvalue weighted by Gasteiger charge is -2.43. The Morgan fingerprint density at radius 1 is 1.00 bits per heavy atom. The van der Waals surface area contributed by atoms with Crippen molar-refractivity contribution in [2.24, 2.45) is 17.1 Å². The van der Waals surface area contributed by atoms with Crippen molar-refractivity contribution in [1.82, 2.24) is 19.8 Å². The van der Waals surface area contributed by atoms with Crippen LogP contribution in [0, 0.1) is 11.3 Å². The smallest absolute Gasteiger partial charge is 0.337 e. The number of halogens is 1. The molecular weight excluding hydrogens is 674 g/mol. The van der Waals surface area contributed by atoms with Crippen LogP contribution in [0.3, 0.4) is 0 Å². The van der Waals surface area contributed by atoms with Gasteiger partial charge >= 0.3 is 5.97 Å². The third kappa shape index (κ3) is 9.65. The zero-order chi connectivity index (χ0) is 36.1. The number of nitrogens with zero attached hydrogens (tertiary/aromatic N) is 2. The van der Waals surface area contributed by atoms with Crippen molar-refractivity contribution in [3.63, 3.8) is 0 Å². The molecule has 13 nitrogen and oxygen atoms in total. The minimum atomic E-state index is -4.23. The normalized spacial score (nSPS) is 18.6. The molecule has 1 saturated carbocycles. The van der Waals surface area contributed by atoms with Crippen LogP contribution in [-0.4, -0.2) is 92.6 Å². The van der Waals surface area contributed by atoms with Crippen LogP contribution in [0.15, 0.2) is 53.4 Å². The molecule has 4 N–H and O–H groups in total. The molecule has 266 valence electrons. The minimum Gasteiger partial charge on any atom is -0.465 e. The highest BCUT2D eigenvalue weighted by Crippen LogP contribution is 2.31. The van der Waals surface area contributed by atoms with E-state index in [2.05, 4.69) is 14.8 Å². The summed E-state index contributed by atoms with van der Waals surface area (Å²) in [5.74, 6) is -3.55. The molecule has 2 aromatic carbocycles. The average Bonchev–Trinajstić information content (AvgIpc) is 3.04. The van der Waals surface area contributed by atoms with E-state index in [4.69, 9.17) is 17.3 Å². The molecule has 1 aliphatic carbocycles. The number of methoxy groups -OCH3 is 1. The number of primary amides is 1. The van der Waals surface area contributed by atoms with E-state index in [0.717, 1.165) is 24.8 Å².